The van der Waals surface area contributed by atoms with Gasteiger partial charge in [-0.15, -0.1) is 0 Å². The standard InChI is InChI=1S/C12H16Cl2O/c1-2-3-7-15-8-6-10-4-5-11(13)9-12(10)14/h4-5,9H,2-3,6-8H2,1H3. The summed E-state index contributed by atoms with van der Waals surface area (Å²) in [6.07, 6.45) is 3.13. The van der Waals surface area contributed by atoms with Crippen molar-refractivity contribution in [3.8, 4) is 0 Å². The molecule has 15 heavy (non-hydrogen) atoms. The Morgan fingerprint density at radius 3 is 2.67 bits per heavy atom. The van der Waals surface area contributed by atoms with Crippen LogP contribution in [0.2, 0.25) is 10.0 Å². The van der Waals surface area contributed by atoms with Crippen LogP contribution in [0.3, 0.4) is 0 Å². The molecule has 1 rings (SSSR count). The minimum Gasteiger partial charge on any atom is -0.381 e. The SMILES string of the molecule is CCCCOCCc1ccc(Cl)cc1Cl. The molecule has 0 radical (unpaired) electrons. The minimum atomic E-state index is 0.677. The molecule has 0 unspecified atom stereocenters. The summed E-state index contributed by atoms with van der Waals surface area (Å²) in [5, 5.41) is 1.40. The van der Waals surface area contributed by atoms with Gasteiger partial charge in [0.05, 0.1) is 6.61 Å². The predicted octanol–water partition coefficient (Wildman–Crippen LogP) is 4.35. The van der Waals surface area contributed by atoms with Crippen molar-refractivity contribution in [2.75, 3.05) is 13.2 Å². The molecule has 0 aliphatic rings. The van der Waals surface area contributed by atoms with Gasteiger partial charge in [-0.2, -0.15) is 0 Å². The fourth-order valence-electron chi connectivity index (χ4n) is 1.26. The number of halogens is 2. The predicted molar refractivity (Wildman–Crippen MR) is 65.9 cm³/mol. The highest BCUT2D eigenvalue weighted by Gasteiger charge is 2.00. The van der Waals surface area contributed by atoms with E-state index in [1.165, 1.54) is 6.42 Å². The van der Waals surface area contributed by atoms with E-state index in [0.717, 1.165) is 36.6 Å². The highest BCUT2D eigenvalue weighted by molar-refractivity contribution is 6.35. The molecule has 0 atom stereocenters. The summed E-state index contributed by atoms with van der Waals surface area (Å²) >= 11 is 11.8. The minimum absolute atomic E-state index is 0.677. The number of hydrogen-bond donors (Lipinski definition) is 0. The summed E-state index contributed by atoms with van der Waals surface area (Å²) in [7, 11) is 0. The third-order valence-electron chi connectivity index (χ3n) is 2.17. The largest absolute Gasteiger partial charge is 0.381 e. The van der Waals surface area contributed by atoms with Gasteiger partial charge in [0.2, 0.25) is 0 Å². The molecule has 0 heterocycles. The maximum Gasteiger partial charge on any atom is 0.0506 e. The Labute approximate surface area is 101 Å². The first-order valence-corrected chi connectivity index (χ1v) is 6.01. The van der Waals surface area contributed by atoms with E-state index >= 15 is 0 Å². The van der Waals surface area contributed by atoms with Crippen LogP contribution in [0.15, 0.2) is 18.2 Å². The number of rotatable bonds is 6. The molecule has 1 aromatic carbocycles. The van der Waals surface area contributed by atoms with Crippen molar-refractivity contribution in [1.82, 2.24) is 0 Å². The van der Waals surface area contributed by atoms with E-state index in [1.54, 1.807) is 6.07 Å². The third kappa shape index (κ3) is 4.87. The molecule has 1 nitrogen and oxygen atoms in total. The van der Waals surface area contributed by atoms with Crippen molar-refractivity contribution in [1.29, 1.82) is 0 Å². The molecule has 84 valence electrons. The van der Waals surface area contributed by atoms with Crippen LogP contribution in [0.4, 0.5) is 0 Å². The van der Waals surface area contributed by atoms with Gasteiger partial charge in [0.15, 0.2) is 0 Å². The van der Waals surface area contributed by atoms with Crippen LogP contribution in [0, 0.1) is 0 Å². The number of ether oxygens (including phenoxy) is 1. The molecule has 0 saturated carbocycles. The van der Waals surface area contributed by atoms with Crippen molar-refractivity contribution < 1.29 is 4.74 Å². The molecule has 0 spiro atoms. The van der Waals surface area contributed by atoms with Crippen molar-refractivity contribution in [3.05, 3.63) is 33.8 Å². The third-order valence-corrected chi connectivity index (χ3v) is 2.76. The van der Waals surface area contributed by atoms with Gasteiger partial charge in [-0.3, -0.25) is 0 Å². The molecule has 0 fully saturated rings. The molecule has 0 aromatic heterocycles. The van der Waals surface area contributed by atoms with E-state index in [9.17, 15) is 0 Å². The lowest BCUT2D eigenvalue weighted by Crippen LogP contribution is -2.00. The first-order chi connectivity index (χ1) is 7.24. The molecule has 3 heteroatoms. The molecule has 1 aromatic rings. The van der Waals surface area contributed by atoms with Gasteiger partial charge in [0.25, 0.3) is 0 Å². The van der Waals surface area contributed by atoms with Crippen LogP contribution in [0.25, 0.3) is 0 Å². The zero-order valence-electron chi connectivity index (χ0n) is 8.93. The molecule has 0 aliphatic heterocycles. The quantitative estimate of drug-likeness (QED) is 0.679. The molecule has 0 saturated heterocycles. The summed E-state index contributed by atoms with van der Waals surface area (Å²) in [6.45, 7) is 3.71. The van der Waals surface area contributed by atoms with Gasteiger partial charge in [0, 0.05) is 16.7 Å². The smallest absolute Gasteiger partial charge is 0.0506 e. The van der Waals surface area contributed by atoms with Gasteiger partial charge >= 0.3 is 0 Å². The van der Waals surface area contributed by atoms with Crippen LogP contribution in [0.5, 0.6) is 0 Å². The van der Waals surface area contributed by atoms with Gasteiger partial charge in [-0.05, 0) is 30.5 Å². The summed E-state index contributed by atoms with van der Waals surface area (Å²) in [4.78, 5) is 0. The number of hydrogen-bond acceptors (Lipinski definition) is 1. The van der Waals surface area contributed by atoms with E-state index in [4.69, 9.17) is 27.9 Å². The van der Waals surface area contributed by atoms with Gasteiger partial charge in [-0.25, -0.2) is 0 Å². The summed E-state index contributed by atoms with van der Waals surface area (Å²) in [6, 6.07) is 5.58. The number of benzene rings is 1. The second kappa shape index (κ2) is 7.10. The van der Waals surface area contributed by atoms with Gasteiger partial charge in [-0.1, -0.05) is 42.6 Å². The fraction of sp³-hybridized carbons (Fsp3) is 0.500. The molecule has 0 aliphatic carbocycles. The Kier molecular flexibility index (Phi) is 6.07. The topological polar surface area (TPSA) is 9.23 Å². The first-order valence-electron chi connectivity index (χ1n) is 5.25. The average Bonchev–Trinajstić information content (AvgIpc) is 2.20. The van der Waals surface area contributed by atoms with Crippen LogP contribution in [0.1, 0.15) is 25.3 Å². The Bertz CT molecular complexity index is 300. The second-order valence-corrected chi connectivity index (χ2v) is 4.30. The monoisotopic (exact) mass is 246 g/mol. The lowest BCUT2D eigenvalue weighted by molar-refractivity contribution is 0.134. The van der Waals surface area contributed by atoms with Crippen molar-refractivity contribution in [3.63, 3.8) is 0 Å². The fourth-order valence-corrected chi connectivity index (χ4v) is 1.76. The Hall–Kier alpha value is -0.240. The Balaban J connectivity index is 2.31. The Morgan fingerprint density at radius 2 is 2.00 bits per heavy atom. The molecule has 0 amide bonds. The summed E-state index contributed by atoms with van der Waals surface area (Å²) < 4.78 is 5.47. The van der Waals surface area contributed by atoms with Crippen molar-refractivity contribution in [2.45, 2.75) is 26.2 Å². The van der Waals surface area contributed by atoms with Crippen LogP contribution in [-0.2, 0) is 11.2 Å². The maximum atomic E-state index is 6.03. The zero-order valence-corrected chi connectivity index (χ0v) is 10.4. The van der Waals surface area contributed by atoms with E-state index < -0.39 is 0 Å². The highest BCUT2D eigenvalue weighted by Crippen LogP contribution is 2.21. The first kappa shape index (κ1) is 12.8. The van der Waals surface area contributed by atoms with Gasteiger partial charge < -0.3 is 4.74 Å². The van der Waals surface area contributed by atoms with E-state index in [1.807, 2.05) is 12.1 Å². The molecular weight excluding hydrogens is 231 g/mol. The van der Waals surface area contributed by atoms with E-state index in [-0.39, 0.29) is 0 Å². The summed E-state index contributed by atoms with van der Waals surface area (Å²) in [5.41, 5.74) is 1.09. The van der Waals surface area contributed by atoms with Crippen molar-refractivity contribution in [2.24, 2.45) is 0 Å². The van der Waals surface area contributed by atoms with Crippen molar-refractivity contribution >= 4 is 23.2 Å². The lowest BCUT2D eigenvalue weighted by atomic mass is 10.2. The van der Waals surface area contributed by atoms with E-state index in [0.29, 0.717) is 5.02 Å². The van der Waals surface area contributed by atoms with Crippen LogP contribution < -0.4 is 0 Å². The number of unbranched alkanes of at least 4 members (excludes halogenated alkanes) is 1. The van der Waals surface area contributed by atoms with Gasteiger partial charge in [0.1, 0.15) is 0 Å². The molecule has 0 N–H and O–H groups in total. The maximum absolute atomic E-state index is 6.03. The van der Waals surface area contributed by atoms with Crippen LogP contribution in [-0.4, -0.2) is 13.2 Å². The lowest BCUT2D eigenvalue weighted by Gasteiger charge is -2.05. The van der Waals surface area contributed by atoms with E-state index in [2.05, 4.69) is 6.92 Å². The summed E-state index contributed by atoms with van der Waals surface area (Å²) in [5.74, 6) is 0. The molecular formula is C12H16Cl2O. The Morgan fingerprint density at radius 1 is 1.20 bits per heavy atom. The normalized spacial score (nSPS) is 10.6. The highest BCUT2D eigenvalue weighted by atomic mass is 35.5. The van der Waals surface area contributed by atoms with Crippen LogP contribution >= 0.6 is 23.2 Å². The second-order valence-electron chi connectivity index (χ2n) is 3.45. The average molecular weight is 247 g/mol. The zero-order chi connectivity index (χ0) is 11.1. The molecule has 0 bridgehead atoms.